The molecule has 27 heavy (non-hydrogen) atoms. The second-order valence-electron chi connectivity index (χ2n) is 12.2. The maximum atomic E-state index is 12.7. The van der Waals surface area contributed by atoms with Gasteiger partial charge in [0.2, 0.25) is 0 Å². The Morgan fingerprint density at radius 1 is 0.815 bits per heavy atom. The lowest BCUT2D eigenvalue weighted by Crippen LogP contribution is -2.65. The zero-order valence-electron chi connectivity index (χ0n) is 18.7. The number of ketones is 2. The molecule has 2 heteroatoms. The minimum absolute atomic E-state index is 0.146. The number of hydrogen-bond donors (Lipinski definition) is 0. The summed E-state index contributed by atoms with van der Waals surface area (Å²) in [6, 6.07) is 0. The largest absolute Gasteiger partial charge is 0.300 e. The van der Waals surface area contributed by atoms with Crippen molar-refractivity contribution in [2.45, 2.75) is 99.8 Å². The highest BCUT2D eigenvalue weighted by atomic mass is 16.1. The summed E-state index contributed by atoms with van der Waals surface area (Å²) < 4.78 is 0. The Morgan fingerprint density at radius 3 is 2.04 bits per heavy atom. The first kappa shape index (κ1) is 19.6. The fraction of sp³-hybridized carbons (Fsp3) is 0.920. The van der Waals surface area contributed by atoms with E-state index >= 15 is 0 Å². The van der Waals surface area contributed by atoms with Gasteiger partial charge in [-0.1, -0.05) is 41.5 Å². The number of fused-ring (bicyclic) bond motifs is 5. The van der Waals surface area contributed by atoms with Gasteiger partial charge in [0.15, 0.2) is 0 Å². The van der Waals surface area contributed by atoms with Gasteiger partial charge >= 0.3 is 0 Å². The van der Waals surface area contributed by atoms with Crippen molar-refractivity contribution in [2.24, 2.45) is 44.8 Å². The van der Waals surface area contributed by atoms with Crippen molar-refractivity contribution in [1.29, 1.82) is 0 Å². The van der Waals surface area contributed by atoms with Gasteiger partial charge < -0.3 is 0 Å². The van der Waals surface area contributed by atoms with Crippen LogP contribution in [0.1, 0.15) is 99.8 Å². The highest BCUT2D eigenvalue weighted by molar-refractivity contribution is 5.85. The van der Waals surface area contributed by atoms with Crippen molar-refractivity contribution in [1.82, 2.24) is 0 Å². The van der Waals surface area contributed by atoms with Gasteiger partial charge in [-0.25, -0.2) is 0 Å². The fourth-order valence-corrected chi connectivity index (χ4v) is 9.57. The molecule has 0 bridgehead atoms. The topological polar surface area (TPSA) is 34.1 Å². The smallest absolute Gasteiger partial charge is 0.138 e. The molecule has 0 amide bonds. The Balaban J connectivity index is 1.78. The van der Waals surface area contributed by atoms with Crippen molar-refractivity contribution < 1.29 is 9.59 Å². The predicted molar refractivity (Wildman–Crippen MR) is 109 cm³/mol. The Morgan fingerprint density at radius 2 is 1.41 bits per heavy atom. The molecule has 4 fully saturated rings. The second kappa shape index (κ2) is 5.48. The summed E-state index contributed by atoms with van der Waals surface area (Å²) in [6.07, 6.45) is 8.94. The van der Waals surface area contributed by atoms with Gasteiger partial charge in [-0.3, -0.25) is 9.59 Å². The first-order valence-corrected chi connectivity index (χ1v) is 11.4. The lowest BCUT2D eigenvalue weighted by molar-refractivity contribution is -0.222. The molecule has 0 aromatic heterocycles. The molecule has 2 nitrogen and oxygen atoms in total. The van der Waals surface area contributed by atoms with Crippen LogP contribution in [-0.4, -0.2) is 11.6 Å². The Bertz CT molecular complexity index is 692. The lowest BCUT2D eigenvalue weighted by Gasteiger charge is -2.71. The molecule has 7 unspecified atom stereocenters. The van der Waals surface area contributed by atoms with Crippen molar-refractivity contribution in [3.05, 3.63) is 0 Å². The number of hydrogen-bond acceptors (Lipinski definition) is 2. The van der Waals surface area contributed by atoms with Crippen molar-refractivity contribution >= 4 is 11.6 Å². The molecule has 0 N–H and O–H groups in total. The predicted octanol–water partition coefficient (Wildman–Crippen LogP) is 6.22. The Labute approximate surface area is 166 Å². The van der Waals surface area contributed by atoms with E-state index in [1.165, 1.54) is 32.1 Å². The average molecular weight is 373 g/mol. The molecule has 0 heterocycles. The molecule has 0 aliphatic heterocycles. The highest BCUT2D eigenvalue weighted by Crippen LogP contribution is 2.78. The van der Waals surface area contributed by atoms with E-state index in [0.717, 1.165) is 19.3 Å². The lowest BCUT2D eigenvalue weighted by atomic mass is 9.33. The summed E-state index contributed by atoms with van der Waals surface area (Å²) >= 11 is 0. The van der Waals surface area contributed by atoms with Gasteiger partial charge in [0.05, 0.1) is 0 Å². The molecule has 0 aromatic rings. The van der Waals surface area contributed by atoms with E-state index in [9.17, 15) is 9.59 Å². The van der Waals surface area contributed by atoms with Crippen LogP contribution < -0.4 is 0 Å². The highest BCUT2D eigenvalue weighted by Gasteiger charge is 2.72. The van der Waals surface area contributed by atoms with Crippen molar-refractivity contribution in [3.63, 3.8) is 0 Å². The first-order chi connectivity index (χ1) is 12.3. The Kier molecular flexibility index (Phi) is 3.99. The van der Waals surface area contributed by atoms with Gasteiger partial charge in [-0.15, -0.1) is 0 Å². The molecule has 4 rings (SSSR count). The molecule has 4 aliphatic carbocycles. The van der Waals surface area contributed by atoms with E-state index in [1.54, 1.807) is 0 Å². The van der Waals surface area contributed by atoms with E-state index in [2.05, 4.69) is 41.5 Å². The molecule has 4 aliphatic rings. The minimum Gasteiger partial charge on any atom is -0.300 e. The van der Waals surface area contributed by atoms with Crippen LogP contribution in [0.3, 0.4) is 0 Å². The third kappa shape index (κ3) is 2.09. The number of rotatable bonds is 1. The standard InChI is InChI=1S/C25H40O2/c1-16(26)17-8-15-25(7)23(17,5)13-10-19-22(4)12-11-20(27)21(2,3)18(22)9-14-24(19,25)6/h17-19H,8-15H2,1-7H3. The van der Waals surface area contributed by atoms with Crippen LogP contribution in [0.4, 0.5) is 0 Å². The average Bonchev–Trinajstić information content (AvgIpc) is 2.85. The van der Waals surface area contributed by atoms with E-state index < -0.39 is 0 Å². The molecule has 0 spiro atoms. The maximum absolute atomic E-state index is 12.7. The minimum atomic E-state index is -0.173. The van der Waals surface area contributed by atoms with Crippen LogP contribution in [-0.2, 0) is 9.59 Å². The van der Waals surface area contributed by atoms with Gasteiger partial charge in [-0.2, -0.15) is 0 Å². The van der Waals surface area contributed by atoms with Crippen LogP contribution in [0, 0.1) is 44.8 Å². The van der Waals surface area contributed by atoms with Gasteiger partial charge in [-0.05, 0) is 85.4 Å². The van der Waals surface area contributed by atoms with Gasteiger partial charge in [0, 0.05) is 17.8 Å². The van der Waals surface area contributed by atoms with Crippen LogP contribution in [0.25, 0.3) is 0 Å². The normalized spacial score (nSPS) is 54.0. The molecule has 0 radical (unpaired) electrons. The summed E-state index contributed by atoms with van der Waals surface area (Å²) in [6.45, 7) is 16.3. The Hall–Kier alpha value is -0.660. The maximum Gasteiger partial charge on any atom is 0.138 e. The second-order valence-corrected chi connectivity index (χ2v) is 12.2. The molecule has 152 valence electrons. The first-order valence-electron chi connectivity index (χ1n) is 11.4. The summed E-state index contributed by atoms with van der Waals surface area (Å²) in [4.78, 5) is 25.2. The molecular formula is C25H40O2. The number of Topliss-reactive ketones (excluding diaryl/α,β-unsaturated/α-hetero) is 2. The van der Waals surface area contributed by atoms with Gasteiger partial charge in [0.25, 0.3) is 0 Å². The van der Waals surface area contributed by atoms with E-state index in [4.69, 9.17) is 0 Å². The van der Waals surface area contributed by atoms with Crippen LogP contribution in [0.5, 0.6) is 0 Å². The zero-order chi connectivity index (χ0) is 20.0. The number of carbonyl (C=O) groups is 2. The monoisotopic (exact) mass is 372 g/mol. The molecule has 0 saturated heterocycles. The van der Waals surface area contributed by atoms with E-state index in [0.29, 0.717) is 23.4 Å². The van der Waals surface area contributed by atoms with E-state index in [1.807, 2.05) is 6.92 Å². The molecule has 4 saturated carbocycles. The molecule has 0 aromatic carbocycles. The van der Waals surface area contributed by atoms with Crippen molar-refractivity contribution in [3.8, 4) is 0 Å². The molecular weight excluding hydrogens is 332 g/mol. The quantitative estimate of drug-likeness (QED) is 0.547. The summed E-state index contributed by atoms with van der Waals surface area (Å²) in [5.74, 6) is 2.34. The number of carbonyl (C=O) groups excluding carboxylic acids is 2. The zero-order valence-corrected chi connectivity index (χ0v) is 18.7. The fourth-order valence-electron chi connectivity index (χ4n) is 9.57. The molecule has 7 atom stereocenters. The third-order valence-electron chi connectivity index (χ3n) is 11.5. The van der Waals surface area contributed by atoms with Gasteiger partial charge in [0.1, 0.15) is 11.6 Å². The SMILES string of the molecule is CC(=O)C1CCC2(C)C1(C)CCC1C3(C)CCC(=O)C(C)(C)C3CCC12C. The summed E-state index contributed by atoms with van der Waals surface area (Å²) in [5.41, 5.74) is 0.759. The van der Waals surface area contributed by atoms with Crippen LogP contribution in [0.15, 0.2) is 0 Å². The van der Waals surface area contributed by atoms with Crippen LogP contribution in [0.2, 0.25) is 0 Å². The van der Waals surface area contributed by atoms with Crippen molar-refractivity contribution in [2.75, 3.05) is 0 Å². The van der Waals surface area contributed by atoms with E-state index in [-0.39, 0.29) is 33.0 Å². The van der Waals surface area contributed by atoms with Crippen LogP contribution >= 0.6 is 0 Å². The summed E-state index contributed by atoms with van der Waals surface area (Å²) in [7, 11) is 0. The summed E-state index contributed by atoms with van der Waals surface area (Å²) in [5, 5.41) is 0. The third-order valence-corrected chi connectivity index (χ3v) is 11.5.